The van der Waals surface area contributed by atoms with Crippen LogP contribution in [0.3, 0.4) is 0 Å². The molecule has 1 aromatic carbocycles. The largest absolute Gasteiger partial charge is 0.469 e. The van der Waals surface area contributed by atoms with Crippen LogP contribution in [0.4, 0.5) is 0 Å². The lowest BCUT2D eigenvalue weighted by atomic mass is 9.99. The zero-order valence-electron chi connectivity index (χ0n) is 16.7. The lowest BCUT2D eigenvalue weighted by Gasteiger charge is -2.21. The van der Waals surface area contributed by atoms with E-state index >= 15 is 0 Å². The van der Waals surface area contributed by atoms with E-state index in [2.05, 4.69) is 15.0 Å². The van der Waals surface area contributed by atoms with Crippen molar-refractivity contribution in [1.82, 2.24) is 14.9 Å². The van der Waals surface area contributed by atoms with Gasteiger partial charge < -0.3 is 15.0 Å². The van der Waals surface area contributed by atoms with Crippen molar-refractivity contribution in [2.45, 2.75) is 18.7 Å². The number of carbonyl (C=O) groups is 1. The Balaban J connectivity index is 0.00000420. The van der Waals surface area contributed by atoms with Crippen molar-refractivity contribution < 1.29 is 17.9 Å². The Morgan fingerprint density at radius 2 is 2.10 bits per heavy atom. The normalized spacial score (nSPS) is 19.6. The predicted molar refractivity (Wildman–Crippen MR) is 124 cm³/mol. The summed E-state index contributed by atoms with van der Waals surface area (Å²) >= 11 is 5.86. The number of esters is 1. The standard InChI is InChI=1S/C18H27ClN4O4S.HI/c1-4-20-18(23-11-13(2)16(12-23)17(24)27-3)21-8-9-22-28(25,26)15-7-5-6-14(19)10-15;/h5-7,10,13,16,22H,4,8-9,11-12H2,1-3H3,(H,20,21);1H. The molecule has 0 aliphatic carbocycles. The Bertz CT molecular complexity index is 822. The molecule has 1 aromatic rings. The molecule has 2 rings (SSSR count). The molecule has 0 radical (unpaired) electrons. The molecule has 0 amide bonds. The van der Waals surface area contributed by atoms with E-state index in [-0.39, 0.29) is 59.8 Å². The molecule has 29 heavy (non-hydrogen) atoms. The van der Waals surface area contributed by atoms with Gasteiger partial charge in [-0.3, -0.25) is 9.79 Å². The van der Waals surface area contributed by atoms with Crippen LogP contribution in [0.5, 0.6) is 0 Å². The highest BCUT2D eigenvalue weighted by Crippen LogP contribution is 2.24. The first-order chi connectivity index (χ1) is 13.3. The van der Waals surface area contributed by atoms with E-state index in [1.165, 1.54) is 19.2 Å². The van der Waals surface area contributed by atoms with Gasteiger partial charge in [0.25, 0.3) is 0 Å². The van der Waals surface area contributed by atoms with Crippen molar-refractivity contribution in [2.75, 3.05) is 39.8 Å². The number of sulfonamides is 1. The van der Waals surface area contributed by atoms with Crippen LogP contribution in [0.2, 0.25) is 5.02 Å². The van der Waals surface area contributed by atoms with E-state index in [0.717, 1.165) is 0 Å². The van der Waals surface area contributed by atoms with Crippen LogP contribution in [0.25, 0.3) is 0 Å². The van der Waals surface area contributed by atoms with Gasteiger partial charge in [-0.05, 0) is 31.0 Å². The van der Waals surface area contributed by atoms with E-state index in [1.54, 1.807) is 12.1 Å². The van der Waals surface area contributed by atoms with Crippen LogP contribution in [0.1, 0.15) is 13.8 Å². The van der Waals surface area contributed by atoms with Gasteiger partial charge in [0.1, 0.15) is 0 Å². The fourth-order valence-electron chi connectivity index (χ4n) is 3.08. The Labute approximate surface area is 194 Å². The van der Waals surface area contributed by atoms with Crippen LogP contribution in [-0.4, -0.2) is 65.1 Å². The molecule has 164 valence electrons. The van der Waals surface area contributed by atoms with Gasteiger partial charge in [0.05, 0.1) is 24.5 Å². The van der Waals surface area contributed by atoms with Crippen molar-refractivity contribution in [3.63, 3.8) is 0 Å². The van der Waals surface area contributed by atoms with E-state index in [4.69, 9.17) is 16.3 Å². The summed E-state index contributed by atoms with van der Waals surface area (Å²) in [6, 6.07) is 6.09. The van der Waals surface area contributed by atoms with Gasteiger partial charge in [-0.1, -0.05) is 24.6 Å². The smallest absolute Gasteiger partial charge is 0.310 e. The fraction of sp³-hybridized carbons (Fsp3) is 0.556. The Hall–Kier alpha value is -1.11. The molecule has 0 bridgehead atoms. The molecular weight excluding hydrogens is 531 g/mol. The van der Waals surface area contributed by atoms with Crippen LogP contribution in [0.15, 0.2) is 34.2 Å². The molecule has 0 aromatic heterocycles. The monoisotopic (exact) mass is 558 g/mol. The third-order valence-electron chi connectivity index (χ3n) is 4.52. The quantitative estimate of drug-likeness (QED) is 0.174. The molecule has 1 heterocycles. The van der Waals surface area contributed by atoms with Gasteiger partial charge in [-0.2, -0.15) is 0 Å². The molecule has 1 aliphatic heterocycles. The minimum atomic E-state index is -3.64. The molecule has 1 saturated heterocycles. The number of nitrogens with zero attached hydrogens (tertiary/aromatic N) is 2. The van der Waals surface area contributed by atoms with Gasteiger partial charge in [0, 0.05) is 31.2 Å². The Kier molecular flexibility index (Phi) is 10.7. The zero-order chi connectivity index (χ0) is 20.7. The average molecular weight is 559 g/mol. The number of rotatable bonds is 7. The van der Waals surface area contributed by atoms with Crippen molar-refractivity contribution >= 4 is 57.5 Å². The Morgan fingerprint density at radius 1 is 1.38 bits per heavy atom. The van der Waals surface area contributed by atoms with Crippen LogP contribution in [-0.2, 0) is 19.6 Å². The summed E-state index contributed by atoms with van der Waals surface area (Å²) in [5.41, 5.74) is 0. The molecule has 1 fully saturated rings. The molecule has 1 aliphatic rings. The van der Waals surface area contributed by atoms with Gasteiger partial charge >= 0.3 is 5.97 Å². The second-order valence-corrected chi connectivity index (χ2v) is 8.81. The lowest BCUT2D eigenvalue weighted by molar-refractivity contribution is -0.145. The van der Waals surface area contributed by atoms with Crippen molar-refractivity contribution in [1.29, 1.82) is 0 Å². The number of benzene rings is 1. The van der Waals surface area contributed by atoms with E-state index in [1.807, 2.05) is 18.7 Å². The van der Waals surface area contributed by atoms with Crippen molar-refractivity contribution in [3.05, 3.63) is 29.3 Å². The van der Waals surface area contributed by atoms with Gasteiger partial charge in [0.15, 0.2) is 5.96 Å². The summed E-state index contributed by atoms with van der Waals surface area (Å²) in [6.07, 6.45) is 0. The highest BCUT2D eigenvalue weighted by Gasteiger charge is 2.36. The highest BCUT2D eigenvalue weighted by atomic mass is 127. The number of hydrogen-bond acceptors (Lipinski definition) is 5. The number of methoxy groups -OCH3 is 1. The fourth-order valence-corrected chi connectivity index (χ4v) is 4.40. The third kappa shape index (κ3) is 7.26. The first-order valence-corrected chi connectivity index (χ1v) is 11.0. The predicted octanol–water partition coefficient (Wildman–Crippen LogP) is 1.94. The van der Waals surface area contributed by atoms with Crippen LogP contribution in [0, 0.1) is 11.8 Å². The number of carbonyl (C=O) groups excluding carboxylic acids is 1. The molecule has 2 N–H and O–H groups in total. The average Bonchev–Trinajstić information content (AvgIpc) is 3.05. The van der Waals surface area contributed by atoms with Gasteiger partial charge in [-0.25, -0.2) is 13.1 Å². The summed E-state index contributed by atoms with van der Waals surface area (Å²) in [4.78, 5) is 18.5. The van der Waals surface area contributed by atoms with Gasteiger partial charge in [0.2, 0.25) is 10.0 Å². The lowest BCUT2D eigenvalue weighted by Crippen LogP contribution is -2.41. The second-order valence-electron chi connectivity index (χ2n) is 6.60. The number of ether oxygens (including phenoxy) is 1. The molecular formula is C18H28ClIN4O4S. The molecule has 2 unspecified atom stereocenters. The number of guanidine groups is 1. The first kappa shape index (κ1) is 25.9. The van der Waals surface area contributed by atoms with Crippen LogP contribution >= 0.6 is 35.6 Å². The van der Waals surface area contributed by atoms with Crippen molar-refractivity contribution in [2.24, 2.45) is 16.8 Å². The minimum Gasteiger partial charge on any atom is -0.469 e. The highest BCUT2D eigenvalue weighted by molar-refractivity contribution is 14.0. The summed E-state index contributed by atoms with van der Waals surface area (Å²) in [5, 5.41) is 3.55. The maximum Gasteiger partial charge on any atom is 0.310 e. The molecule has 2 atom stereocenters. The van der Waals surface area contributed by atoms with E-state index < -0.39 is 10.0 Å². The summed E-state index contributed by atoms with van der Waals surface area (Å²) < 4.78 is 32.0. The minimum absolute atomic E-state index is 0. The number of hydrogen-bond donors (Lipinski definition) is 2. The molecule has 0 saturated carbocycles. The van der Waals surface area contributed by atoms with E-state index in [9.17, 15) is 13.2 Å². The Morgan fingerprint density at radius 3 is 2.72 bits per heavy atom. The SMILES string of the molecule is CCNC(=NCCNS(=O)(=O)c1cccc(Cl)c1)N1CC(C)C(C(=O)OC)C1.I. The first-order valence-electron chi connectivity index (χ1n) is 9.14. The van der Waals surface area contributed by atoms with E-state index in [0.29, 0.717) is 30.6 Å². The molecule has 11 heteroatoms. The van der Waals surface area contributed by atoms with Crippen LogP contribution < -0.4 is 10.0 Å². The number of likely N-dealkylation sites (tertiary alicyclic amines) is 1. The number of aliphatic imine (C=N–C) groups is 1. The molecule has 0 spiro atoms. The number of nitrogens with one attached hydrogen (secondary N) is 2. The van der Waals surface area contributed by atoms with Crippen molar-refractivity contribution in [3.8, 4) is 0 Å². The summed E-state index contributed by atoms with van der Waals surface area (Å²) in [7, 11) is -2.25. The summed E-state index contributed by atoms with van der Waals surface area (Å²) in [5.74, 6) is 0.385. The second kappa shape index (κ2) is 11.9. The third-order valence-corrected chi connectivity index (χ3v) is 6.22. The zero-order valence-corrected chi connectivity index (χ0v) is 20.6. The molecule has 8 nitrogen and oxygen atoms in total. The van der Waals surface area contributed by atoms with Gasteiger partial charge in [-0.15, -0.1) is 24.0 Å². The summed E-state index contributed by atoms with van der Waals surface area (Å²) in [6.45, 7) is 6.23. The maximum absolute atomic E-state index is 12.3. The topological polar surface area (TPSA) is 100 Å². The maximum atomic E-state index is 12.3. The number of halogens is 2.